The molecule has 1 aromatic rings. The van der Waals surface area contributed by atoms with E-state index in [9.17, 15) is 0 Å². The zero-order valence-electron chi connectivity index (χ0n) is 13.7. The molecule has 0 fully saturated rings. The average Bonchev–Trinajstić information content (AvgIpc) is 2.52. The zero-order chi connectivity index (χ0) is 15.5. The van der Waals surface area contributed by atoms with Gasteiger partial charge in [-0.05, 0) is 25.1 Å². The van der Waals surface area contributed by atoms with E-state index in [0.717, 1.165) is 32.5 Å². The molecule has 0 spiro atoms. The van der Waals surface area contributed by atoms with Crippen LogP contribution in [0.2, 0.25) is 0 Å². The molecule has 1 unspecified atom stereocenters. The molecule has 4 heteroatoms. The molecule has 4 nitrogen and oxygen atoms in total. The predicted octanol–water partition coefficient (Wildman–Crippen LogP) is 2.77. The molecule has 0 aliphatic rings. The maximum Gasteiger partial charge on any atom is 0.188 e. The highest BCUT2D eigenvalue weighted by Crippen LogP contribution is 2.20. The van der Waals surface area contributed by atoms with Gasteiger partial charge in [0.25, 0.3) is 0 Å². The molecule has 1 rings (SSSR count). The lowest BCUT2D eigenvalue weighted by Crippen LogP contribution is -2.35. The van der Waals surface area contributed by atoms with E-state index in [4.69, 9.17) is 5.73 Å². The first kappa shape index (κ1) is 17.5. The number of nitrogens with two attached hydrogens (primary N) is 1. The summed E-state index contributed by atoms with van der Waals surface area (Å²) in [6.45, 7) is 10.1. The monoisotopic (exact) mass is 290 g/mol. The molecule has 21 heavy (non-hydrogen) atoms. The summed E-state index contributed by atoms with van der Waals surface area (Å²) in [6, 6.07) is 10.8. The normalized spacial score (nSPS) is 13.4. The third-order valence-corrected chi connectivity index (χ3v) is 3.71. The number of aliphatic imine (C=N–C) groups is 1. The van der Waals surface area contributed by atoms with E-state index < -0.39 is 0 Å². The third kappa shape index (κ3) is 6.17. The fraction of sp³-hybridized carbons (Fsp3) is 0.588. The van der Waals surface area contributed by atoms with Gasteiger partial charge in [-0.25, -0.2) is 0 Å². The van der Waals surface area contributed by atoms with Crippen LogP contribution in [-0.4, -0.2) is 37.0 Å². The van der Waals surface area contributed by atoms with Gasteiger partial charge in [-0.1, -0.05) is 57.5 Å². The Labute approximate surface area is 129 Å². The van der Waals surface area contributed by atoms with Crippen molar-refractivity contribution in [2.24, 2.45) is 10.7 Å². The van der Waals surface area contributed by atoms with Crippen molar-refractivity contribution in [3.05, 3.63) is 35.9 Å². The molecule has 1 atom stereocenters. The van der Waals surface area contributed by atoms with E-state index in [-0.39, 0.29) is 6.04 Å². The van der Waals surface area contributed by atoms with Crippen molar-refractivity contribution in [3.63, 3.8) is 0 Å². The Hall–Kier alpha value is -1.55. The van der Waals surface area contributed by atoms with Crippen LogP contribution in [0.25, 0.3) is 0 Å². The lowest BCUT2D eigenvalue weighted by atomic mass is 10.1. The summed E-state index contributed by atoms with van der Waals surface area (Å²) >= 11 is 0. The number of nitrogens with zero attached hydrogens (tertiary/aromatic N) is 2. The molecule has 0 heterocycles. The second-order valence-corrected chi connectivity index (χ2v) is 5.15. The molecule has 0 bridgehead atoms. The third-order valence-electron chi connectivity index (χ3n) is 3.71. The molecule has 0 saturated carbocycles. The van der Waals surface area contributed by atoms with Gasteiger partial charge in [0.1, 0.15) is 0 Å². The smallest absolute Gasteiger partial charge is 0.188 e. The quantitative estimate of drug-likeness (QED) is 0.418. The molecule has 0 aliphatic carbocycles. The average molecular weight is 290 g/mol. The maximum atomic E-state index is 5.94. The molecular weight excluding hydrogens is 260 g/mol. The maximum absolute atomic E-state index is 5.94. The van der Waals surface area contributed by atoms with Gasteiger partial charge in [-0.2, -0.15) is 0 Å². The van der Waals surface area contributed by atoms with Crippen LogP contribution >= 0.6 is 0 Å². The van der Waals surface area contributed by atoms with Crippen molar-refractivity contribution in [1.82, 2.24) is 10.2 Å². The summed E-state index contributed by atoms with van der Waals surface area (Å²) in [6.07, 6.45) is 2.28. The zero-order valence-corrected chi connectivity index (χ0v) is 13.7. The number of likely N-dealkylation sites (N-methyl/N-ethyl adjacent to an activating group) is 1. The molecule has 0 aromatic heterocycles. The van der Waals surface area contributed by atoms with Crippen molar-refractivity contribution < 1.29 is 0 Å². The second kappa shape index (κ2) is 10.2. The SMILES string of the molecule is CCCCNC(N)=NCC(c1ccccc1)N(CC)CC. The van der Waals surface area contributed by atoms with Crippen molar-refractivity contribution in [3.8, 4) is 0 Å². The van der Waals surface area contributed by atoms with Crippen molar-refractivity contribution in [1.29, 1.82) is 0 Å². The van der Waals surface area contributed by atoms with Crippen molar-refractivity contribution in [2.45, 2.75) is 39.7 Å². The number of rotatable bonds is 9. The summed E-state index contributed by atoms with van der Waals surface area (Å²) in [4.78, 5) is 6.95. The lowest BCUT2D eigenvalue weighted by molar-refractivity contribution is 0.224. The first-order chi connectivity index (χ1) is 10.2. The fourth-order valence-corrected chi connectivity index (χ4v) is 2.41. The molecule has 1 aromatic carbocycles. The highest BCUT2D eigenvalue weighted by Gasteiger charge is 2.17. The number of guanidine groups is 1. The molecule has 0 saturated heterocycles. The molecule has 0 aliphatic heterocycles. The highest BCUT2D eigenvalue weighted by molar-refractivity contribution is 5.77. The standard InChI is InChI=1S/C17H30N4/c1-4-7-13-19-17(18)20-14-16(21(5-2)6-3)15-11-9-8-10-12-15/h8-12,16H,4-7,13-14H2,1-3H3,(H3,18,19,20). The summed E-state index contributed by atoms with van der Waals surface area (Å²) in [7, 11) is 0. The Kier molecular flexibility index (Phi) is 8.51. The molecule has 0 amide bonds. The fourth-order valence-electron chi connectivity index (χ4n) is 2.41. The van der Waals surface area contributed by atoms with Gasteiger partial charge in [0.15, 0.2) is 5.96 Å². The Morgan fingerprint density at radius 1 is 1.19 bits per heavy atom. The second-order valence-electron chi connectivity index (χ2n) is 5.15. The van der Waals surface area contributed by atoms with Crippen molar-refractivity contribution in [2.75, 3.05) is 26.2 Å². The minimum Gasteiger partial charge on any atom is -0.370 e. The van der Waals surface area contributed by atoms with Gasteiger partial charge < -0.3 is 11.1 Å². The van der Waals surface area contributed by atoms with Crippen LogP contribution in [0, 0.1) is 0 Å². The van der Waals surface area contributed by atoms with E-state index in [1.54, 1.807) is 0 Å². The van der Waals surface area contributed by atoms with Crippen LogP contribution in [0.3, 0.4) is 0 Å². The van der Waals surface area contributed by atoms with Crippen LogP contribution in [0.1, 0.15) is 45.2 Å². The minimum atomic E-state index is 0.285. The summed E-state index contributed by atoms with van der Waals surface area (Å²) in [5.41, 5.74) is 7.24. The van der Waals surface area contributed by atoms with Crippen LogP contribution in [0.15, 0.2) is 35.3 Å². The minimum absolute atomic E-state index is 0.285. The first-order valence-corrected chi connectivity index (χ1v) is 8.05. The molecule has 0 radical (unpaired) electrons. The van der Waals surface area contributed by atoms with Gasteiger partial charge in [-0.15, -0.1) is 0 Å². The van der Waals surface area contributed by atoms with E-state index in [0.29, 0.717) is 12.5 Å². The van der Waals surface area contributed by atoms with E-state index >= 15 is 0 Å². The summed E-state index contributed by atoms with van der Waals surface area (Å²) < 4.78 is 0. The Morgan fingerprint density at radius 3 is 2.43 bits per heavy atom. The van der Waals surface area contributed by atoms with Gasteiger partial charge >= 0.3 is 0 Å². The number of nitrogens with one attached hydrogen (secondary N) is 1. The van der Waals surface area contributed by atoms with Crippen molar-refractivity contribution >= 4 is 5.96 Å². The molecular formula is C17H30N4. The summed E-state index contributed by atoms with van der Waals surface area (Å²) in [5, 5.41) is 3.17. The van der Waals surface area contributed by atoms with E-state index in [1.807, 2.05) is 6.07 Å². The number of unbranched alkanes of at least 4 members (excludes halogenated alkanes) is 1. The largest absolute Gasteiger partial charge is 0.370 e. The van der Waals surface area contributed by atoms with E-state index in [1.165, 1.54) is 5.56 Å². The van der Waals surface area contributed by atoms with Crippen LogP contribution in [-0.2, 0) is 0 Å². The lowest BCUT2D eigenvalue weighted by Gasteiger charge is -2.29. The topological polar surface area (TPSA) is 53.6 Å². The van der Waals surface area contributed by atoms with Gasteiger partial charge in [0, 0.05) is 6.54 Å². The number of hydrogen-bond donors (Lipinski definition) is 2. The van der Waals surface area contributed by atoms with Gasteiger partial charge in [0.2, 0.25) is 0 Å². The van der Waals surface area contributed by atoms with E-state index in [2.05, 4.69) is 60.2 Å². The highest BCUT2D eigenvalue weighted by atomic mass is 15.2. The Bertz CT molecular complexity index is 399. The predicted molar refractivity (Wildman–Crippen MR) is 91.5 cm³/mol. The Balaban J connectivity index is 2.72. The number of hydrogen-bond acceptors (Lipinski definition) is 2. The van der Waals surface area contributed by atoms with Gasteiger partial charge in [0.05, 0.1) is 12.6 Å². The number of benzene rings is 1. The molecule has 118 valence electrons. The Morgan fingerprint density at radius 2 is 1.86 bits per heavy atom. The van der Waals surface area contributed by atoms with Crippen LogP contribution < -0.4 is 11.1 Å². The first-order valence-electron chi connectivity index (χ1n) is 8.05. The van der Waals surface area contributed by atoms with Crippen LogP contribution in [0.5, 0.6) is 0 Å². The summed E-state index contributed by atoms with van der Waals surface area (Å²) in [5.74, 6) is 0.552. The van der Waals surface area contributed by atoms with Crippen LogP contribution in [0.4, 0.5) is 0 Å². The van der Waals surface area contributed by atoms with Gasteiger partial charge in [-0.3, -0.25) is 9.89 Å². The molecule has 3 N–H and O–H groups in total.